The first-order valence-electron chi connectivity index (χ1n) is 9.46. The van der Waals surface area contributed by atoms with Gasteiger partial charge in [0.1, 0.15) is 11.5 Å². The van der Waals surface area contributed by atoms with Gasteiger partial charge in [-0.05, 0) is 13.3 Å². The average molecular weight is 383 g/mol. The second-order valence-electron chi connectivity index (χ2n) is 6.45. The van der Waals surface area contributed by atoms with Crippen LogP contribution in [0.15, 0.2) is 42.5 Å². The molecule has 3 heterocycles. The molecule has 0 saturated carbocycles. The molecule has 8 nitrogen and oxygen atoms in total. The summed E-state index contributed by atoms with van der Waals surface area (Å²) in [6.07, 6.45) is 11.0. The quantitative estimate of drug-likeness (QED) is 0.414. The lowest BCUT2D eigenvalue weighted by atomic mass is 10.1. The predicted molar refractivity (Wildman–Crippen MR) is 109 cm³/mol. The highest BCUT2D eigenvalue weighted by Crippen LogP contribution is 2.23. The van der Waals surface area contributed by atoms with Crippen LogP contribution in [0.5, 0.6) is 0 Å². The number of hydrogen-bond donors (Lipinski definition) is 0. The second kappa shape index (κ2) is 9.27. The molecular formula is C20H25N5O3. The summed E-state index contributed by atoms with van der Waals surface area (Å²) in [5.41, 5.74) is 2.76. The van der Waals surface area contributed by atoms with Gasteiger partial charge in [0.25, 0.3) is 0 Å². The Balaban J connectivity index is 2.10. The standard InChI is InChI=1S/C20H25N5O3/c1-3-5-6-8-16(7-4-2)18-14-19-21-17(15-24(26)27)13-20(25(19)22-18)23-9-11-28-12-10-23/h4-8,13-14H,3,9-12,15H2,1-2H3/b6-5+,7-4-,16-8+. The minimum Gasteiger partial charge on any atom is -0.378 e. The number of ether oxygens (including phenoxy) is 1. The van der Waals surface area contributed by atoms with Gasteiger partial charge in [-0.25, -0.2) is 4.98 Å². The number of anilines is 1. The topological polar surface area (TPSA) is 85.8 Å². The first-order chi connectivity index (χ1) is 13.6. The Labute approximate surface area is 164 Å². The largest absolute Gasteiger partial charge is 0.378 e. The molecule has 0 radical (unpaired) electrons. The van der Waals surface area contributed by atoms with Gasteiger partial charge in [0.15, 0.2) is 5.65 Å². The van der Waals surface area contributed by atoms with E-state index in [0.29, 0.717) is 37.6 Å². The zero-order valence-electron chi connectivity index (χ0n) is 16.2. The van der Waals surface area contributed by atoms with E-state index in [9.17, 15) is 10.1 Å². The van der Waals surface area contributed by atoms with Crippen LogP contribution in [0.2, 0.25) is 0 Å². The minimum absolute atomic E-state index is 0.314. The molecule has 2 aromatic heterocycles. The van der Waals surface area contributed by atoms with Crippen molar-refractivity contribution in [3.8, 4) is 0 Å². The van der Waals surface area contributed by atoms with E-state index in [4.69, 9.17) is 9.84 Å². The third-order valence-electron chi connectivity index (χ3n) is 4.38. The van der Waals surface area contributed by atoms with Crippen molar-refractivity contribution < 1.29 is 9.66 Å². The molecule has 148 valence electrons. The Morgan fingerprint density at radius 1 is 1.36 bits per heavy atom. The number of morpholine rings is 1. The van der Waals surface area contributed by atoms with Crippen molar-refractivity contribution in [3.63, 3.8) is 0 Å². The second-order valence-corrected chi connectivity index (χ2v) is 6.45. The van der Waals surface area contributed by atoms with E-state index in [1.807, 2.05) is 37.3 Å². The first-order valence-corrected chi connectivity index (χ1v) is 9.46. The van der Waals surface area contributed by atoms with Crippen LogP contribution in [-0.4, -0.2) is 45.8 Å². The fourth-order valence-electron chi connectivity index (χ4n) is 3.09. The van der Waals surface area contributed by atoms with Crippen LogP contribution in [0.25, 0.3) is 11.2 Å². The van der Waals surface area contributed by atoms with Gasteiger partial charge >= 0.3 is 0 Å². The summed E-state index contributed by atoms with van der Waals surface area (Å²) in [5, 5.41) is 15.8. The smallest absolute Gasteiger partial charge is 0.245 e. The van der Waals surface area contributed by atoms with Crippen molar-refractivity contribution in [2.45, 2.75) is 26.8 Å². The molecule has 28 heavy (non-hydrogen) atoms. The van der Waals surface area contributed by atoms with E-state index in [2.05, 4.69) is 22.9 Å². The lowest BCUT2D eigenvalue weighted by molar-refractivity contribution is -0.497. The molecule has 1 aliphatic rings. The number of hydrogen-bond acceptors (Lipinski definition) is 6. The highest BCUT2D eigenvalue weighted by atomic mass is 16.6. The van der Waals surface area contributed by atoms with E-state index < -0.39 is 0 Å². The molecule has 0 atom stereocenters. The molecule has 0 N–H and O–H groups in total. The van der Waals surface area contributed by atoms with E-state index in [1.54, 1.807) is 10.6 Å². The third kappa shape index (κ3) is 4.64. The Morgan fingerprint density at radius 2 is 2.14 bits per heavy atom. The van der Waals surface area contributed by atoms with Gasteiger partial charge in [0.2, 0.25) is 6.54 Å². The predicted octanol–water partition coefficient (Wildman–Crippen LogP) is 3.27. The highest BCUT2D eigenvalue weighted by molar-refractivity contribution is 5.75. The summed E-state index contributed by atoms with van der Waals surface area (Å²) in [4.78, 5) is 17.3. The summed E-state index contributed by atoms with van der Waals surface area (Å²) in [6, 6.07) is 3.63. The van der Waals surface area contributed by atoms with Crippen LogP contribution in [0, 0.1) is 10.1 Å². The maximum absolute atomic E-state index is 11.0. The van der Waals surface area contributed by atoms with Crippen LogP contribution in [0.1, 0.15) is 31.7 Å². The van der Waals surface area contributed by atoms with Crippen LogP contribution >= 0.6 is 0 Å². The van der Waals surface area contributed by atoms with E-state index >= 15 is 0 Å². The maximum Gasteiger partial charge on any atom is 0.245 e. The van der Waals surface area contributed by atoms with Gasteiger partial charge in [-0.1, -0.05) is 37.3 Å². The molecule has 1 fully saturated rings. The van der Waals surface area contributed by atoms with Crippen LogP contribution < -0.4 is 4.90 Å². The van der Waals surface area contributed by atoms with Crippen LogP contribution in [0.4, 0.5) is 5.82 Å². The van der Waals surface area contributed by atoms with Gasteiger partial charge in [-0.3, -0.25) is 10.1 Å². The Bertz CT molecular complexity index is 923. The Morgan fingerprint density at radius 3 is 2.82 bits per heavy atom. The summed E-state index contributed by atoms with van der Waals surface area (Å²) in [5.74, 6) is 0.806. The lowest BCUT2D eigenvalue weighted by Gasteiger charge is -2.28. The fourth-order valence-corrected chi connectivity index (χ4v) is 3.09. The molecular weight excluding hydrogens is 358 g/mol. The zero-order valence-corrected chi connectivity index (χ0v) is 16.2. The number of aromatic nitrogens is 3. The fraction of sp³-hybridized carbons (Fsp3) is 0.400. The number of nitrogens with zero attached hydrogens (tertiary/aromatic N) is 5. The van der Waals surface area contributed by atoms with Gasteiger partial charge in [0.05, 0.1) is 18.9 Å². The maximum atomic E-state index is 11.0. The molecule has 0 spiro atoms. The van der Waals surface area contributed by atoms with Crippen molar-refractivity contribution in [2.75, 3.05) is 31.2 Å². The molecule has 0 aliphatic carbocycles. The van der Waals surface area contributed by atoms with Crippen LogP contribution in [-0.2, 0) is 11.3 Å². The third-order valence-corrected chi connectivity index (χ3v) is 4.38. The number of nitro groups is 1. The van der Waals surface area contributed by atoms with Gasteiger partial charge in [-0.2, -0.15) is 9.61 Å². The SMILES string of the molecule is C\C=C/C(=C\C=C\CC)c1cc2nc(C[N+](=O)[O-])cc(N3CCOCC3)n2n1. The zero-order chi connectivity index (χ0) is 19.9. The number of allylic oxidation sites excluding steroid dienone is 6. The molecule has 3 rings (SSSR count). The normalized spacial score (nSPS) is 15.9. The van der Waals surface area contributed by atoms with Gasteiger partial charge < -0.3 is 9.64 Å². The minimum atomic E-state index is -0.361. The summed E-state index contributed by atoms with van der Waals surface area (Å²) in [6.45, 7) is 6.39. The number of fused-ring (bicyclic) bond motifs is 1. The van der Waals surface area contributed by atoms with E-state index in [1.165, 1.54) is 0 Å². The molecule has 2 aromatic rings. The summed E-state index contributed by atoms with van der Waals surface area (Å²) >= 11 is 0. The Kier molecular flexibility index (Phi) is 6.54. The molecule has 1 saturated heterocycles. The molecule has 8 heteroatoms. The lowest BCUT2D eigenvalue weighted by Crippen LogP contribution is -2.37. The summed E-state index contributed by atoms with van der Waals surface area (Å²) in [7, 11) is 0. The van der Waals surface area contributed by atoms with Crippen molar-refractivity contribution in [2.24, 2.45) is 0 Å². The van der Waals surface area contributed by atoms with Crippen molar-refractivity contribution in [1.29, 1.82) is 0 Å². The molecule has 0 bridgehead atoms. The molecule has 0 unspecified atom stereocenters. The van der Waals surface area contributed by atoms with E-state index in [0.717, 1.165) is 23.5 Å². The molecule has 0 amide bonds. The monoisotopic (exact) mass is 383 g/mol. The van der Waals surface area contributed by atoms with Crippen molar-refractivity contribution >= 4 is 17.0 Å². The van der Waals surface area contributed by atoms with Gasteiger partial charge in [-0.15, -0.1) is 0 Å². The van der Waals surface area contributed by atoms with Gasteiger partial charge in [0, 0.05) is 35.7 Å². The van der Waals surface area contributed by atoms with Crippen molar-refractivity contribution in [1.82, 2.24) is 14.6 Å². The van der Waals surface area contributed by atoms with E-state index in [-0.39, 0.29) is 11.5 Å². The van der Waals surface area contributed by atoms with Crippen LogP contribution in [0.3, 0.4) is 0 Å². The molecule has 0 aromatic carbocycles. The summed E-state index contributed by atoms with van der Waals surface area (Å²) < 4.78 is 7.21. The average Bonchev–Trinajstić information content (AvgIpc) is 3.11. The Hall–Kier alpha value is -3.00. The highest BCUT2D eigenvalue weighted by Gasteiger charge is 2.19. The first kappa shape index (κ1) is 19.8. The number of rotatable bonds is 7. The molecule has 1 aliphatic heterocycles. The van der Waals surface area contributed by atoms with Crippen molar-refractivity contribution in [3.05, 3.63) is 64.0 Å².